The highest BCUT2D eigenvalue weighted by atomic mass is 16.5. The third-order valence-electron chi connectivity index (χ3n) is 5.67. The zero-order valence-corrected chi connectivity index (χ0v) is 16.5. The number of likely N-dealkylation sites (tertiary alicyclic amines) is 2. The summed E-state index contributed by atoms with van der Waals surface area (Å²) in [6.45, 7) is 5.15. The summed E-state index contributed by atoms with van der Waals surface area (Å²) in [7, 11) is 1.62. The zero-order valence-electron chi connectivity index (χ0n) is 16.5. The number of piperidine rings is 1. The Morgan fingerprint density at radius 2 is 1.96 bits per heavy atom. The summed E-state index contributed by atoms with van der Waals surface area (Å²) in [6, 6.07) is 8.37. The van der Waals surface area contributed by atoms with E-state index in [1.807, 2.05) is 29.2 Å². The van der Waals surface area contributed by atoms with Crippen LogP contribution in [0.25, 0.3) is 0 Å². The molecule has 2 aliphatic rings. The molecule has 1 aromatic carbocycles. The van der Waals surface area contributed by atoms with Gasteiger partial charge in [0.25, 0.3) is 5.91 Å². The fourth-order valence-electron chi connectivity index (χ4n) is 3.95. The molecule has 0 bridgehead atoms. The Balaban J connectivity index is 1.27. The summed E-state index contributed by atoms with van der Waals surface area (Å²) in [5, 5.41) is 0. The van der Waals surface area contributed by atoms with Crippen molar-refractivity contribution in [3.63, 3.8) is 0 Å². The number of ether oxygens (including phenoxy) is 2. The molecular weight excluding hydrogens is 358 g/mol. The van der Waals surface area contributed by atoms with Crippen LogP contribution in [0.1, 0.15) is 42.6 Å². The Hall–Kier alpha value is -2.54. The second kappa shape index (κ2) is 8.22. The predicted molar refractivity (Wildman–Crippen MR) is 104 cm³/mol. The predicted octanol–water partition coefficient (Wildman–Crippen LogP) is 2.96. The second-order valence-corrected chi connectivity index (χ2v) is 7.54. The van der Waals surface area contributed by atoms with Crippen LogP contribution in [0.2, 0.25) is 0 Å². The maximum atomic E-state index is 12.6. The standard InChI is InChI=1S/C21H27N3O4/c1-15-5-3-4-10-24(15)16-11-23(12-16)21(25)19-13-28-20(22-19)14-27-18-8-6-17(26-2)7-9-18/h6-9,13,15-16H,3-5,10-12,14H2,1-2H3. The number of methoxy groups -OCH3 is 1. The summed E-state index contributed by atoms with van der Waals surface area (Å²) < 4.78 is 16.2. The third-order valence-corrected chi connectivity index (χ3v) is 5.67. The Morgan fingerprint density at radius 3 is 2.68 bits per heavy atom. The Bertz CT molecular complexity index is 798. The van der Waals surface area contributed by atoms with E-state index in [2.05, 4.69) is 16.8 Å². The molecule has 0 N–H and O–H groups in total. The smallest absolute Gasteiger partial charge is 0.275 e. The fraction of sp³-hybridized carbons (Fsp3) is 0.524. The number of rotatable bonds is 6. The van der Waals surface area contributed by atoms with Crippen molar-refractivity contribution in [2.24, 2.45) is 0 Å². The van der Waals surface area contributed by atoms with Gasteiger partial charge in [-0.25, -0.2) is 4.98 Å². The van der Waals surface area contributed by atoms with E-state index in [1.165, 1.54) is 25.5 Å². The number of carbonyl (C=O) groups excluding carboxylic acids is 1. The van der Waals surface area contributed by atoms with Crippen LogP contribution < -0.4 is 9.47 Å². The lowest BCUT2D eigenvalue weighted by atomic mass is 9.97. The van der Waals surface area contributed by atoms with E-state index < -0.39 is 0 Å². The number of nitrogens with zero attached hydrogens (tertiary/aromatic N) is 3. The molecule has 1 unspecified atom stereocenters. The van der Waals surface area contributed by atoms with E-state index in [0.29, 0.717) is 29.4 Å². The fourth-order valence-corrected chi connectivity index (χ4v) is 3.95. The van der Waals surface area contributed by atoms with Crippen LogP contribution in [0.5, 0.6) is 11.5 Å². The first-order valence-electron chi connectivity index (χ1n) is 9.90. The number of amides is 1. The second-order valence-electron chi connectivity index (χ2n) is 7.54. The van der Waals surface area contributed by atoms with Crippen LogP contribution in [0.4, 0.5) is 0 Å². The van der Waals surface area contributed by atoms with Crippen LogP contribution >= 0.6 is 0 Å². The van der Waals surface area contributed by atoms with Gasteiger partial charge >= 0.3 is 0 Å². The first kappa shape index (κ1) is 18.8. The van der Waals surface area contributed by atoms with Crippen molar-refractivity contribution < 1.29 is 18.7 Å². The highest BCUT2D eigenvalue weighted by Gasteiger charge is 2.38. The molecule has 28 heavy (non-hydrogen) atoms. The molecule has 0 saturated carbocycles. The molecule has 2 aliphatic heterocycles. The molecule has 2 saturated heterocycles. The van der Waals surface area contributed by atoms with E-state index in [1.54, 1.807) is 7.11 Å². The topological polar surface area (TPSA) is 68.0 Å². The molecule has 4 rings (SSSR count). The largest absolute Gasteiger partial charge is 0.497 e. The number of hydrogen-bond donors (Lipinski definition) is 0. The summed E-state index contributed by atoms with van der Waals surface area (Å²) in [6.07, 6.45) is 5.25. The summed E-state index contributed by atoms with van der Waals surface area (Å²) in [5.74, 6) is 1.78. The number of carbonyl (C=O) groups is 1. The van der Waals surface area contributed by atoms with E-state index >= 15 is 0 Å². The van der Waals surface area contributed by atoms with Gasteiger partial charge < -0.3 is 18.8 Å². The van der Waals surface area contributed by atoms with Crippen molar-refractivity contribution >= 4 is 5.91 Å². The maximum Gasteiger partial charge on any atom is 0.275 e. The normalized spacial score (nSPS) is 20.6. The van der Waals surface area contributed by atoms with Crippen molar-refractivity contribution in [3.8, 4) is 11.5 Å². The van der Waals surface area contributed by atoms with Gasteiger partial charge in [0.1, 0.15) is 17.8 Å². The Kier molecular flexibility index (Phi) is 5.52. The van der Waals surface area contributed by atoms with Gasteiger partial charge in [-0.15, -0.1) is 0 Å². The zero-order chi connectivity index (χ0) is 19.5. The molecule has 0 spiro atoms. The molecule has 7 nitrogen and oxygen atoms in total. The first-order chi connectivity index (χ1) is 13.6. The first-order valence-corrected chi connectivity index (χ1v) is 9.90. The van der Waals surface area contributed by atoms with Crippen LogP contribution in [0.3, 0.4) is 0 Å². The molecule has 7 heteroatoms. The van der Waals surface area contributed by atoms with Gasteiger partial charge in [0, 0.05) is 25.2 Å². The van der Waals surface area contributed by atoms with Gasteiger partial charge in [0.15, 0.2) is 12.3 Å². The van der Waals surface area contributed by atoms with Crippen LogP contribution in [0.15, 0.2) is 34.9 Å². The SMILES string of the molecule is COc1ccc(OCc2nc(C(=O)N3CC(N4CCCCC4C)C3)co2)cc1. The lowest BCUT2D eigenvalue weighted by molar-refractivity contribution is 0.00180. The average molecular weight is 385 g/mol. The van der Waals surface area contributed by atoms with Crippen molar-refractivity contribution in [2.75, 3.05) is 26.7 Å². The minimum absolute atomic E-state index is 0.0691. The van der Waals surface area contributed by atoms with E-state index in [4.69, 9.17) is 13.9 Å². The number of hydrogen-bond acceptors (Lipinski definition) is 6. The molecule has 2 aromatic rings. The maximum absolute atomic E-state index is 12.6. The van der Waals surface area contributed by atoms with Gasteiger partial charge in [0.2, 0.25) is 5.89 Å². The monoisotopic (exact) mass is 385 g/mol. The lowest BCUT2D eigenvalue weighted by Gasteiger charge is -2.49. The molecule has 3 heterocycles. The van der Waals surface area contributed by atoms with Crippen LogP contribution in [0, 0.1) is 0 Å². The van der Waals surface area contributed by atoms with Crippen molar-refractivity contribution in [1.29, 1.82) is 0 Å². The molecule has 0 radical (unpaired) electrons. The van der Waals surface area contributed by atoms with Crippen molar-refractivity contribution in [1.82, 2.24) is 14.8 Å². The van der Waals surface area contributed by atoms with Crippen molar-refractivity contribution in [3.05, 3.63) is 42.1 Å². The van der Waals surface area contributed by atoms with Gasteiger partial charge in [0.05, 0.1) is 7.11 Å². The van der Waals surface area contributed by atoms with E-state index in [0.717, 1.165) is 25.4 Å². The minimum atomic E-state index is -0.0691. The van der Waals surface area contributed by atoms with Crippen LogP contribution in [-0.4, -0.2) is 59.5 Å². The van der Waals surface area contributed by atoms with Crippen molar-refractivity contribution in [2.45, 2.75) is 44.9 Å². The molecule has 1 amide bonds. The summed E-state index contributed by atoms with van der Waals surface area (Å²) >= 11 is 0. The van der Waals surface area contributed by atoms with Crippen LogP contribution in [-0.2, 0) is 6.61 Å². The molecule has 1 aromatic heterocycles. The highest BCUT2D eigenvalue weighted by molar-refractivity contribution is 5.92. The van der Waals surface area contributed by atoms with E-state index in [-0.39, 0.29) is 12.5 Å². The number of benzene rings is 1. The summed E-state index contributed by atoms with van der Waals surface area (Å²) in [5.41, 5.74) is 0.346. The Labute approximate surface area is 165 Å². The van der Waals surface area contributed by atoms with Gasteiger partial charge in [-0.3, -0.25) is 9.69 Å². The van der Waals surface area contributed by atoms with E-state index in [9.17, 15) is 4.79 Å². The molecule has 1 atom stereocenters. The van der Waals surface area contributed by atoms with Gasteiger partial charge in [-0.2, -0.15) is 0 Å². The van der Waals surface area contributed by atoms with Gasteiger partial charge in [-0.1, -0.05) is 6.42 Å². The third kappa shape index (κ3) is 3.99. The minimum Gasteiger partial charge on any atom is -0.497 e. The Morgan fingerprint density at radius 1 is 1.21 bits per heavy atom. The lowest BCUT2D eigenvalue weighted by Crippen LogP contribution is -2.63. The quantitative estimate of drug-likeness (QED) is 0.762. The van der Waals surface area contributed by atoms with Gasteiger partial charge in [-0.05, 0) is 50.6 Å². The number of aromatic nitrogens is 1. The molecule has 2 fully saturated rings. The molecular formula is C21H27N3O4. The average Bonchev–Trinajstić information content (AvgIpc) is 3.16. The summed E-state index contributed by atoms with van der Waals surface area (Å²) in [4.78, 5) is 21.3. The molecule has 0 aliphatic carbocycles. The molecule has 150 valence electrons. The number of oxazole rings is 1. The highest BCUT2D eigenvalue weighted by Crippen LogP contribution is 2.25.